The molecule has 0 atom stereocenters. The molecule has 4 rings (SSSR count). The van der Waals surface area contributed by atoms with E-state index in [0.717, 1.165) is 6.20 Å². The maximum atomic E-state index is 12.5. The van der Waals surface area contributed by atoms with E-state index in [1.54, 1.807) is 30.3 Å². The van der Waals surface area contributed by atoms with E-state index in [1.807, 2.05) is 0 Å². The van der Waals surface area contributed by atoms with Gasteiger partial charge in [0.25, 0.3) is 0 Å². The van der Waals surface area contributed by atoms with Crippen molar-refractivity contribution in [1.82, 2.24) is 19.6 Å². The Morgan fingerprint density at radius 1 is 0.912 bits per heavy atom. The summed E-state index contributed by atoms with van der Waals surface area (Å²) in [6.45, 7) is -5.91. The van der Waals surface area contributed by atoms with E-state index in [0.29, 0.717) is 22.5 Å². The predicted molar refractivity (Wildman–Crippen MR) is 111 cm³/mol. The predicted octanol–water partition coefficient (Wildman–Crippen LogP) is 5.03. The summed E-state index contributed by atoms with van der Waals surface area (Å²) in [6.07, 6.45) is 2.34. The molecule has 176 valence electrons. The third-order valence-electron chi connectivity index (χ3n) is 4.64. The molecule has 2 heterocycles. The highest BCUT2D eigenvalue weighted by Crippen LogP contribution is 2.29. The fourth-order valence-electron chi connectivity index (χ4n) is 3.17. The van der Waals surface area contributed by atoms with Crippen molar-refractivity contribution in [2.75, 3.05) is 0 Å². The van der Waals surface area contributed by atoms with E-state index in [9.17, 15) is 27.7 Å². The standard InChI is InChI=1S/C21H15F4N5O4/c22-20(23)33-16-5-1-13(2-6-16)18-9-19(14-3-7-17(8-4-14)34-21(24)25)29(27-18)12-28-11-15(10-26-28)30(31)32/h1-11,20-21H,12H2. The van der Waals surface area contributed by atoms with Gasteiger partial charge in [0.05, 0.1) is 16.3 Å². The first-order valence-corrected chi connectivity index (χ1v) is 9.63. The van der Waals surface area contributed by atoms with E-state index >= 15 is 0 Å². The molecule has 2 aromatic carbocycles. The summed E-state index contributed by atoms with van der Waals surface area (Å²) in [5.41, 5.74) is 2.00. The van der Waals surface area contributed by atoms with E-state index in [2.05, 4.69) is 19.7 Å². The lowest BCUT2D eigenvalue weighted by molar-refractivity contribution is -0.385. The molecule has 0 aliphatic rings. The van der Waals surface area contributed by atoms with Gasteiger partial charge >= 0.3 is 18.9 Å². The van der Waals surface area contributed by atoms with Gasteiger partial charge in [-0.05, 0) is 54.6 Å². The summed E-state index contributed by atoms with van der Waals surface area (Å²) in [7, 11) is 0. The summed E-state index contributed by atoms with van der Waals surface area (Å²) in [5, 5.41) is 19.4. The normalized spacial score (nSPS) is 11.2. The van der Waals surface area contributed by atoms with Crippen molar-refractivity contribution in [3.63, 3.8) is 0 Å². The van der Waals surface area contributed by atoms with Gasteiger partial charge in [-0.25, -0.2) is 9.36 Å². The summed E-state index contributed by atoms with van der Waals surface area (Å²) >= 11 is 0. The van der Waals surface area contributed by atoms with Crippen LogP contribution < -0.4 is 9.47 Å². The summed E-state index contributed by atoms with van der Waals surface area (Å²) in [4.78, 5) is 10.4. The molecule has 2 aromatic heterocycles. The number of hydrogen-bond acceptors (Lipinski definition) is 6. The van der Waals surface area contributed by atoms with Crippen molar-refractivity contribution in [2.45, 2.75) is 19.9 Å². The zero-order valence-electron chi connectivity index (χ0n) is 17.1. The molecular formula is C21H15F4N5O4. The molecule has 13 heteroatoms. The van der Waals surface area contributed by atoms with Crippen LogP contribution in [0.1, 0.15) is 0 Å². The lowest BCUT2D eigenvalue weighted by Gasteiger charge is -2.09. The van der Waals surface area contributed by atoms with Crippen LogP contribution in [0, 0.1) is 10.1 Å². The Morgan fingerprint density at radius 2 is 1.47 bits per heavy atom. The van der Waals surface area contributed by atoms with Crippen molar-refractivity contribution in [3.05, 3.63) is 77.1 Å². The van der Waals surface area contributed by atoms with Crippen molar-refractivity contribution in [3.8, 4) is 34.0 Å². The fraction of sp³-hybridized carbons (Fsp3) is 0.143. The third kappa shape index (κ3) is 5.31. The zero-order chi connectivity index (χ0) is 24.2. The minimum Gasteiger partial charge on any atom is -0.435 e. The Kier molecular flexibility index (Phi) is 6.43. The van der Waals surface area contributed by atoms with Gasteiger partial charge in [-0.3, -0.25) is 10.1 Å². The largest absolute Gasteiger partial charge is 0.435 e. The molecule has 0 spiro atoms. The lowest BCUT2D eigenvalue weighted by atomic mass is 10.1. The van der Waals surface area contributed by atoms with E-state index in [-0.39, 0.29) is 23.9 Å². The zero-order valence-corrected chi connectivity index (χ0v) is 17.1. The average molecular weight is 477 g/mol. The van der Waals surface area contributed by atoms with E-state index < -0.39 is 18.1 Å². The summed E-state index contributed by atoms with van der Waals surface area (Å²) < 4.78 is 61.3. The number of nitrogens with zero attached hydrogens (tertiary/aromatic N) is 5. The first kappa shape index (κ1) is 22.8. The van der Waals surface area contributed by atoms with Crippen molar-refractivity contribution < 1.29 is 32.0 Å². The second-order valence-electron chi connectivity index (χ2n) is 6.86. The van der Waals surface area contributed by atoms with Crippen LogP contribution in [0.2, 0.25) is 0 Å². The number of nitro groups is 1. The van der Waals surface area contributed by atoms with Crippen LogP contribution in [0.4, 0.5) is 23.2 Å². The first-order chi connectivity index (χ1) is 16.3. The van der Waals surface area contributed by atoms with Crippen LogP contribution in [-0.2, 0) is 6.67 Å². The second-order valence-corrected chi connectivity index (χ2v) is 6.86. The first-order valence-electron chi connectivity index (χ1n) is 9.63. The molecule has 0 radical (unpaired) electrons. The van der Waals surface area contributed by atoms with Gasteiger partial charge in [-0.1, -0.05) is 0 Å². The molecule has 0 aliphatic carbocycles. The molecule has 34 heavy (non-hydrogen) atoms. The number of hydrogen-bond donors (Lipinski definition) is 0. The average Bonchev–Trinajstić information content (AvgIpc) is 3.42. The number of aromatic nitrogens is 4. The quantitative estimate of drug-likeness (QED) is 0.191. The van der Waals surface area contributed by atoms with Crippen LogP contribution in [-0.4, -0.2) is 37.7 Å². The van der Waals surface area contributed by atoms with E-state index in [1.165, 1.54) is 39.8 Å². The molecule has 0 amide bonds. The summed E-state index contributed by atoms with van der Waals surface area (Å²) in [6, 6.07) is 13.4. The van der Waals surface area contributed by atoms with Gasteiger partial charge in [0.2, 0.25) is 0 Å². The number of halogens is 4. The maximum Gasteiger partial charge on any atom is 0.387 e. The molecule has 0 N–H and O–H groups in total. The van der Waals surface area contributed by atoms with Crippen LogP contribution in [0.15, 0.2) is 67.0 Å². The number of rotatable bonds is 9. The molecule has 0 unspecified atom stereocenters. The molecule has 0 saturated carbocycles. The molecule has 9 nitrogen and oxygen atoms in total. The third-order valence-corrected chi connectivity index (χ3v) is 4.64. The minimum absolute atomic E-state index is 0.00500. The summed E-state index contributed by atoms with van der Waals surface area (Å²) in [5.74, 6) is -0.0424. The fourth-order valence-corrected chi connectivity index (χ4v) is 3.17. The molecule has 4 aromatic rings. The number of benzene rings is 2. The Morgan fingerprint density at radius 3 is 1.97 bits per heavy atom. The van der Waals surface area contributed by atoms with Crippen LogP contribution in [0.25, 0.3) is 22.5 Å². The van der Waals surface area contributed by atoms with E-state index in [4.69, 9.17) is 0 Å². The van der Waals surface area contributed by atoms with Crippen LogP contribution >= 0.6 is 0 Å². The van der Waals surface area contributed by atoms with Crippen molar-refractivity contribution in [2.24, 2.45) is 0 Å². The molecule has 0 aliphatic heterocycles. The Labute approximate surface area is 188 Å². The Hall–Kier alpha value is -4.42. The topological polar surface area (TPSA) is 97.2 Å². The lowest BCUT2D eigenvalue weighted by Crippen LogP contribution is -2.11. The highest BCUT2D eigenvalue weighted by molar-refractivity contribution is 5.69. The molecule has 0 bridgehead atoms. The highest BCUT2D eigenvalue weighted by atomic mass is 19.3. The van der Waals surface area contributed by atoms with Gasteiger partial charge in [0.15, 0.2) is 0 Å². The Bertz CT molecular complexity index is 1270. The maximum absolute atomic E-state index is 12.5. The van der Waals surface area contributed by atoms with Gasteiger partial charge < -0.3 is 9.47 Å². The van der Waals surface area contributed by atoms with Gasteiger partial charge in [-0.2, -0.15) is 27.8 Å². The monoisotopic (exact) mass is 477 g/mol. The Balaban J connectivity index is 1.69. The van der Waals surface area contributed by atoms with Gasteiger partial charge in [-0.15, -0.1) is 0 Å². The number of alkyl halides is 4. The second kappa shape index (κ2) is 9.60. The molecular weight excluding hydrogens is 462 g/mol. The van der Waals surface area contributed by atoms with Gasteiger partial charge in [0, 0.05) is 11.1 Å². The van der Waals surface area contributed by atoms with Crippen LogP contribution in [0.3, 0.4) is 0 Å². The molecule has 0 saturated heterocycles. The smallest absolute Gasteiger partial charge is 0.387 e. The highest BCUT2D eigenvalue weighted by Gasteiger charge is 2.16. The van der Waals surface area contributed by atoms with Gasteiger partial charge in [0.1, 0.15) is 30.6 Å². The minimum atomic E-state index is -2.96. The van der Waals surface area contributed by atoms with Crippen molar-refractivity contribution >= 4 is 5.69 Å². The SMILES string of the molecule is O=[N+]([O-])c1cnn(Cn2nc(-c3ccc(OC(F)F)cc3)cc2-c2ccc(OC(F)F)cc2)c1. The molecule has 0 fully saturated rings. The van der Waals surface area contributed by atoms with Crippen molar-refractivity contribution in [1.29, 1.82) is 0 Å². The van der Waals surface area contributed by atoms with Crippen LogP contribution in [0.5, 0.6) is 11.5 Å². The number of ether oxygens (including phenoxy) is 2.